The number of aromatic nitrogens is 5. The van der Waals surface area contributed by atoms with Gasteiger partial charge in [0.05, 0.1) is 29.9 Å². The molecule has 1 aliphatic rings. The van der Waals surface area contributed by atoms with Crippen molar-refractivity contribution in [3.8, 4) is 17.1 Å². The predicted molar refractivity (Wildman–Crippen MR) is 105 cm³/mol. The van der Waals surface area contributed by atoms with Gasteiger partial charge in [0.25, 0.3) is 0 Å². The van der Waals surface area contributed by atoms with Crippen LogP contribution in [0.2, 0.25) is 5.02 Å². The quantitative estimate of drug-likeness (QED) is 0.534. The van der Waals surface area contributed by atoms with Crippen LogP contribution in [0.4, 0.5) is 4.39 Å². The van der Waals surface area contributed by atoms with E-state index in [0.29, 0.717) is 39.3 Å². The number of fused-ring (bicyclic) bond motifs is 2. The summed E-state index contributed by atoms with van der Waals surface area (Å²) in [6, 6.07) is 1.84. The molecule has 0 amide bonds. The Morgan fingerprint density at radius 2 is 2.00 bits per heavy atom. The van der Waals surface area contributed by atoms with Crippen LogP contribution in [0.3, 0.4) is 0 Å². The van der Waals surface area contributed by atoms with Gasteiger partial charge in [-0.15, -0.1) is 0 Å². The van der Waals surface area contributed by atoms with E-state index in [1.54, 1.807) is 20.0 Å². The van der Waals surface area contributed by atoms with Gasteiger partial charge >= 0.3 is 0 Å². The summed E-state index contributed by atoms with van der Waals surface area (Å²) in [6.07, 6.45) is 3.72. The highest BCUT2D eigenvalue weighted by Crippen LogP contribution is 2.50. The Balaban J connectivity index is 1.95. The highest BCUT2D eigenvalue weighted by Gasteiger charge is 2.33. The van der Waals surface area contributed by atoms with Crippen molar-refractivity contribution in [1.82, 2.24) is 25.1 Å². The van der Waals surface area contributed by atoms with Crippen LogP contribution in [0.25, 0.3) is 33.1 Å². The lowest BCUT2D eigenvalue weighted by Gasteiger charge is -2.16. The highest BCUT2D eigenvalue weighted by molar-refractivity contribution is 6.33. The molecule has 1 N–H and O–H groups in total. The average molecular weight is 398 g/mol. The van der Waals surface area contributed by atoms with E-state index in [1.807, 2.05) is 6.07 Å². The molecule has 0 spiro atoms. The standard InChI is InChI=1S/C20H17ClFN5O/c1-8-14-18(25-9(2)24-8)17(22)19(26-20(14)28-3)16-11-7-23-27-13(11)6-12(21)15(16)10-4-5-10/h6-7,10H,4-5H2,1-3H3,(H,23,27). The molecule has 0 radical (unpaired) electrons. The van der Waals surface area contributed by atoms with Crippen molar-refractivity contribution >= 4 is 33.4 Å². The molecular weight excluding hydrogens is 381 g/mol. The van der Waals surface area contributed by atoms with E-state index < -0.39 is 5.82 Å². The Morgan fingerprint density at radius 3 is 2.71 bits per heavy atom. The first-order valence-corrected chi connectivity index (χ1v) is 9.41. The van der Waals surface area contributed by atoms with Crippen molar-refractivity contribution in [2.75, 3.05) is 7.11 Å². The summed E-state index contributed by atoms with van der Waals surface area (Å²) in [5.74, 6) is 0.571. The molecule has 1 aliphatic carbocycles. The largest absolute Gasteiger partial charge is 0.480 e. The smallest absolute Gasteiger partial charge is 0.225 e. The predicted octanol–water partition coefficient (Wildman–Crippen LogP) is 4.86. The lowest BCUT2D eigenvalue weighted by molar-refractivity contribution is 0.402. The number of H-pyrrole nitrogens is 1. The van der Waals surface area contributed by atoms with Crippen molar-refractivity contribution in [3.63, 3.8) is 0 Å². The highest BCUT2D eigenvalue weighted by atomic mass is 35.5. The van der Waals surface area contributed by atoms with Crippen LogP contribution in [0.15, 0.2) is 12.3 Å². The van der Waals surface area contributed by atoms with Gasteiger partial charge in [-0.3, -0.25) is 5.10 Å². The molecule has 0 saturated heterocycles. The molecule has 0 bridgehead atoms. The molecule has 0 atom stereocenters. The van der Waals surface area contributed by atoms with Crippen LogP contribution in [0.5, 0.6) is 5.88 Å². The first kappa shape index (κ1) is 17.3. The molecule has 0 unspecified atom stereocenters. The number of nitrogens with zero attached hydrogens (tertiary/aromatic N) is 4. The lowest BCUT2D eigenvalue weighted by atomic mass is 9.95. The molecule has 8 heteroatoms. The van der Waals surface area contributed by atoms with Crippen LogP contribution >= 0.6 is 11.6 Å². The van der Waals surface area contributed by atoms with E-state index in [-0.39, 0.29) is 11.2 Å². The Bertz CT molecular complexity index is 1270. The lowest BCUT2D eigenvalue weighted by Crippen LogP contribution is -2.04. The summed E-state index contributed by atoms with van der Waals surface area (Å²) in [5.41, 5.74) is 3.30. The normalized spacial score (nSPS) is 14.2. The molecule has 3 heterocycles. The van der Waals surface area contributed by atoms with Crippen molar-refractivity contribution in [2.45, 2.75) is 32.6 Å². The molecule has 0 aliphatic heterocycles. The monoisotopic (exact) mass is 397 g/mol. The second-order valence-corrected chi connectivity index (χ2v) is 7.52. The summed E-state index contributed by atoms with van der Waals surface area (Å²) in [4.78, 5) is 13.2. The number of benzene rings is 1. The molecule has 142 valence electrons. The van der Waals surface area contributed by atoms with E-state index >= 15 is 4.39 Å². The maximum absolute atomic E-state index is 15.8. The molecule has 6 nitrogen and oxygen atoms in total. The molecule has 3 aromatic heterocycles. The molecule has 4 aromatic rings. The van der Waals surface area contributed by atoms with Gasteiger partial charge in [0.1, 0.15) is 17.0 Å². The number of aryl methyl sites for hydroxylation is 2. The third-order valence-electron chi connectivity index (χ3n) is 5.20. The number of ether oxygens (including phenoxy) is 1. The number of nitrogens with one attached hydrogen (secondary N) is 1. The molecule has 28 heavy (non-hydrogen) atoms. The zero-order chi connectivity index (χ0) is 19.6. The zero-order valence-electron chi connectivity index (χ0n) is 15.6. The minimum absolute atomic E-state index is 0.178. The Kier molecular flexibility index (Phi) is 3.77. The minimum Gasteiger partial charge on any atom is -0.480 e. The van der Waals surface area contributed by atoms with Crippen molar-refractivity contribution in [3.05, 3.63) is 40.2 Å². The molecule has 1 saturated carbocycles. The minimum atomic E-state index is -0.504. The van der Waals surface area contributed by atoms with Gasteiger partial charge in [-0.05, 0) is 44.2 Å². The summed E-state index contributed by atoms with van der Waals surface area (Å²) >= 11 is 6.59. The van der Waals surface area contributed by atoms with Gasteiger partial charge in [0, 0.05) is 16.0 Å². The number of rotatable bonds is 3. The zero-order valence-corrected chi connectivity index (χ0v) is 16.4. The SMILES string of the molecule is COc1nc(-c2c(C3CC3)c(Cl)cc3[nH]ncc23)c(F)c2nc(C)nc(C)c12. The number of methoxy groups -OCH3 is 1. The third-order valence-corrected chi connectivity index (χ3v) is 5.51. The van der Waals surface area contributed by atoms with Gasteiger partial charge in [-0.25, -0.2) is 19.3 Å². The van der Waals surface area contributed by atoms with Crippen LogP contribution in [-0.4, -0.2) is 32.3 Å². The Labute approximate surface area is 165 Å². The maximum atomic E-state index is 15.8. The molecule has 1 fully saturated rings. The fourth-order valence-electron chi connectivity index (χ4n) is 3.86. The fourth-order valence-corrected chi connectivity index (χ4v) is 4.22. The number of pyridine rings is 1. The maximum Gasteiger partial charge on any atom is 0.225 e. The summed E-state index contributed by atoms with van der Waals surface area (Å²) in [7, 11) is 1.51. The Hall–Kier alpha value is -2.80. The van der Waals surface area contributed by atoms with E-state index in [4.69, 9.17) is 16.3 Å². The summed E-state index contributed by atoms with van der Waals surface area (Å²) in [6.45, 7) is 3.53. The second-order valence-electron chi connectivity index (χ2n) is 7.12. The Morgan fingerprint density at radius 1 is 1.21 bits per heavy atom. The van der Waals surface area contributed by atoms with Crippen LogP contribution < -0.4 is 4.74 Å². The van der Waals surface area contributed by atoms with E-state index in [1.165, 1.54) is 7.11 Å². The van der Waals surface area contributed by atoms with Gasteiger partial charge in [0.15, 0.2) is 5.82 Å². The second kappa shape index (κ2) is 6.10. The third kappa shape index (κ3) is 2.46. The number of aromatic amines is 1. The van der Waals surface area contributed by atoms with E-state index in [2.05, 4.69) is 25.1 Å². The fraction of sp³-hybridized carbons (Fsp3) is 0.300. The van der Waals surface area contributed by atoms with Crippen molar-refractivity contribution < 1.29 is 9.13 Å². The summed E-state index contributed by atoms with van der Waals surface area (Å²) < 4.78 is 21.3. The van der Waals surface area contributed by atoms with E-state index in [0.717, 1.165) is 29.3 Å². The van der Waals surface area contributed by atoms with Crippen molar-refractivity contribution in [2.24, 2.45) is 0 Å². The van der Waals surface area contributed by atoms with Crippen LogP contribution in [0, 0.1) is 19.7 Å². The van der Waals surface area contributed by atoms with Crippen molar-refractivity contribution in [1.29, 1.82) is 0 Å². The molecule has 1 aromatic carbocycles. The average Bonchev–Trinajstić information content (AvgIpc) is 3.39. The van der Waals surface area contributed by atoms with Gasteiger partial charge < -0.3 is 4.74 Å². The molecular formula is C20H17ClFN5O. The van der Waals surface area contributed by atoms with Gasteiger partial charge in [-0.1, -0.05) is 11.6 Å². The van der Waals surface area contributed by atoms with Gasteiger partial charge in [0.2, 0.25) is 5.88 Å². The number of halogens is 2. The molecule has 5 rings (SSSR count). The summed E-state index contributed by atoms with van der Waals surface area (Å²) in [5, 5.41) is 8.89. The van der Waals surface area contributed by atoms with Crippen LogP contribution in [-0.2, 0) is 0 Å². The van der Waals surface area contributed by atoms with Gasteiger partial charge in [-0.2, -0.15) is 5.10 Å². The number of hydrogen-bond acceptors (Lipinski definition) is 5. The van der Waals surface area contributed by atoms with Crippen LogP contribution in [0.1, 0.15) is 35.8 Å². The number of hydrogen-bond donors (Lipinski definition) is 1. The van der Waals surface area contributed by atoms with E-state index in [9.17, 15) is 0 Å². The topological polar surface area (TPSA) is 76.6 Å². The first-order chi connectivity index (χ1) is 13.5. The first-order valence-electron chi connectivity index (χ1n) is 9.03.